The average molecular weight is 472 g/mol. The first kappa shape index (κ1) is 21.7. The fourth-order valence-corrected chi connectivity index (χ4v) is 4.75. The van der Waals surface area contributed by atoms with Crippen LogP contribution in [0.1, 0.15) is 37.2 Å². The number of hydrogen-bond donors (Lipinski definition) is 3. The molecule has 3 N–H and O–H groups in total. The number of aromatic amines is 1. The summed E-state index contributed by atoms with van der Waals surface area (Å²) in [6.07, 6.45) is 6.83. The van der Waals surface area contributed by atoms with Gasteiger partial charge in [-0.2, -0.15) is 0 Å². The first-order chi connectivity index (χ1) is 17.0. The van der Waals surface area contributed by atoms with Crippen LogP contribution in [0.3, 0.4) is 0 Å². The Morgan fingerprint density at radius 3 is 2.63 bits per heavy atom. The summed E-state index contributed by atoms with van der Waals surface area (Å²) in [6.45, 7) is 1.57. The molecule has 4 heterocycles. The number of aliphatic hydroxyl groups excluding tert-OH is 1. The normalized spacial score (nSPS) is 16.6. The van der Waals surface area contributed by atoms with E-state index in [9.17, 15) is 14.3 Å². The Balaban J connectivity index is 1.37. The summed E-state index contributed by atoms with van der Waals surface area (Å²) in [5, 5.41) is 13.4. The number of nitrogens with zero attached hydrogens (tertiary/aromatic N) is 3. The molecule has 0 amide bonds. The number of piperidine rings is 1. The Morgan fingerprint density at radius 2 is 1.89 bits per heavy atom. The van der Waals surface area contributed by atoms with Gasteiger partial charge in [-0.25, -0.2) is 14.4 Å². The number of fused-ring (bicyclic) bond motifs is 1. The molecule has 0 atom stereocenters. The van der Waals surface area contributed by atoms with Crippen LogP contribution in [0.5, 0.6) is 0 Å². The number of aliphatic hydroxyl groups is 1. The Bertz CT molecular complexity index is 1440. The van der Waals surface area contributed by atoms with Gasteiger partial charge in [0, 0.05) is 24.8 Å². The van der Waals surface area contributed by atoms with Crippen LogP contribution in [0.25, 0.3) is 22.2 Å². The standard InChI is InChI=1S/C27H26FN5O2/c28-21-5-3-17(16-1-2-16)13-20(21)23-14-24(26-22(31-23)7-10-29-27(26)35)32-25-6-4-18(15-30-25)33-11-8-19(34)9-12-33/h3-7,10,13-16,19,34H,1-2,8-9,11-12H2,(H,29,35)(H,30,31,32). The maximum Gasteiger partial charge on any atom is 0.259 e. The molecule has 1 saturated heterocycles. The molecule has 2 aliphatic rings. The topological polar surface area (TPSA) is 94.1 Å². The van der Waals surface area contributed by atoms with Crippen molar-refractivity contribution in [2.45, 2.75) is 37.7 Å². The molecule has 1 aliphatic heterocycles. The molecular formula is C27H26FN5O2. The molecular weight excluding hydrogens is 445 g/mol. The molecule has 1 aromatic carbocycles. The van der Waals surface area contributed by atoms with Gasteiger partial charge in [-0.3, -0.25) is 4.79 Å². The summed E-state index contributed by atoms with van der Waals surface area (Å²) in [7, 11) is 0. The Labute approximate surface area is 201 Å². The number of halogens is 1. The van der Waals surface area contributed by atoms with Crippen molar-refractivity contribution < 1.29 is 9.50 Å². The van der Waals surface area contributed by atoms with Gasteiger partial charge in [0.1, 0.15) is 11.6 Å². The SMILES string of the molecule is O=c1[nH]ccc2nc(-c3cc(C4CC4)ccc3F)cc(Nc3ccc(N4CCC(O)CC4)cn3)c12. The lowest BCUT2D eigenvalue weighted by molar-refractivity contribution is 0.145. The minimum Gasteiger partial charge on any atom is -0.393 e. The van der Waals surface area contributed by atoms with Gasteiger partial charge in [0.15, 0.2) is 0 Å². The Kier molecular flexibility index (Phi) is 5.45. The van der Waals surface area contributed by atoms with Crippen molar-refractivity contribution in [2.24, 2.45) is 0 Å². The lowest BCUT2D eigenvalue weighted by Gasteiger charge is -2.31. The summed E-state index contributed by atoms with van der Waals surface area (Å²) in [6, 6.07) is 12.5. The van der Waals surface area contributed by atoms with E-state index in [-0.39, 0.29) is 17.5 Å². The monoisotopic (exact) mass is 471 g/mol. The van der Waals surface area contributed by atoms with Gasteiger partial charge >= 0.3 is 0 Å². The second-order valence-electron chi connectivity index (χ2n) is 9.38. The number of benzene rings is 1. The van der Waals surface area contributed by atoms with Crippen molar-refractivity contribution in [1.29, 1.82) is 0 Å². The van der Waals surface area contributed by atoms with Crippen LogP contribution in [0.2, 0.25) is 0 Å². The minimum atomic E-state index is -0.342. The van der Waals surface area contributed by atoms with Crippen LogP contribution in [0.4, 0.5) is 21.6 Å². The van der Waals surface area contributed by atoms with E-state index in [1.807, 2.05) is 24.3 Å². The van der Waals surface area contributed by atoms with Crippen LogP contribution in [-0.2, 0) is 0 Å². The van der Waals surface area contributed by atoms with E-state index in [0.717, 1.165) is 50.0 Å². The third-order valence-electron chi connectivity index (χ3n) is 6.89. The molecule has 3 aromatic heterocycles. The predicted octanol–water partition coefficient (Wildman–Crippen LogP) is 4.71. The smallest absolute Gasteiger partial charge is 0.259 e. The van der Waals surface area contributed by atoms with Gasteiger partial charge in [0.05, 0.1) is 40.3 Å². The maximum atomic E-state index is 14.9. The molecule has 7 nitrogen and oxygen atoms in total. The number of pyridine rings is 3. The van der Waals surface area contributed by atoms with E-state index in [4.69, 9.17) is 0 Å². The molecule has 6 rings (SSSR count). The van der Waals surface area contributed by atoms with Crippen molar-refractivity contribution in [1.82, 2.24) is 15.0 Å². The summed E-state index contributed by atoms with van der Waals surface area (Å²) in [4.78, 5) is 26.8. The lowest BCUT2D eigenvalue weighted by atomic mass is 10.0. The number of anilines is 3. The molecule has 8 heteroatoms. The van der Waals surface area contributed by atoms with Crippen LogP contribution < -0.4 is 15.8 Å². The lowest BCUT2D eigenvalue weighted by Crippen LogP contribution is -2.35. The van der Waals surface area contributed by atoms with Gasteiger partial charge in [-0.1, -0.05) is 6.07 Å². The maximum absolute atomic E-state index is 14.9. The van der Waals surface area contributed by atoms with E-state index in [0.29, 0.717) is 39.6 Å². The van der Waals surface area contributed by atoms with Gasteiger partial charge in [-0.15, -0.1) is 0 Å². The number of hydrogen-bond acceptors (Lipinski definition) is 6. The molecule has 0 bridgehead atoms. The van der Waals surface area contributed by atoms with E-state index in [1.54, 1.807) is 24.5 Å². The summed E-state index contributed by atoms with van der Waals surface area (Å²) in [5.41, 5.74) is 3.72. The van der Waals surface area contributed by atoms with Crippen molar-refractivity contribution in [3.8, 4) is 11.3 Å². The summed E-state index contributed by atoms with van der Waals surface area (Å²) < 4.78 is 14.9. The van der Waals surface area contributed by atoms with Crippen molar-refractivity contribution in [3.63, 3.8) is 0 Å². The fraction of sp³-hybridized carbons (Fsp3) is 0.296. The predicted molar refractivity (Wildman–Crippen MR) is 135 cm³/mol. The van der Waals surface area contributed by atoms with E-state index in [2.05, 4.69) is 25.2 Å². The molecule has 2 fully saturated rings. The van der Waals surface area contributed by atoms with Crippen LogP contribution >= 0.6 is 0 Å². The van der Waals surface area contributed by atoms with Crippen LogP contribution in [-0.4, -0.2) is 39.3 Å². The number of H-pyrrole nitrogens is 1. The molecule has 4 aromatic rings. The molecule has 35 heavy (non-hydrogen) atoms. The zero-order valence-corrected chi connectivity index (χ0v) is 19.2. The Hall–Kier alpha value is -3.78. The van der Waals surface area contributed by atoms with Gasteiger partial charge in [0.25, 0.3) is 5.56 Å². The highest BCUT2D eigenvalue weighted by Crippen LogP contribution is 2.42. The molecule has 0 radical (unpaired) electrons. The second kappa shape index (κ2) is 8.78. The highest BCUT2D eigenvalue weighted by atomic mass is 19.1. The largest absolute Gasteiger partial charge is 0.393 e. The first-order valence-corrected chi connectivity index (χ1v) is 12.0. The van der Waals surface area contributed by atoms with Crippen molar-refractivity contribution in [2.75, 3.05) is 23.3 Å². The molecule has 0 spiro atoms. The fourth-order valence-electron chi connectivity index (χ4n) is 4.75. The quantitative estimate of drug-likeness (QED) is 0.390. The number of rotatable bonds is 5. The zero-order valence-electron chi connectivity index (χ0n) is 19.2. The second-order valence-corrected chi connectivity index (χ2v) is 9.38. The number of nitrogens with one attached hydrogen (secondary N) is 2. The summed E-state index contributed by atoms with van der Waals surface area (Å²) in [5.74, 6) is 0.715. The molecule has 1 saturated carbocycles. The number of aromatic nitrogens is 3. The van der Waals surface area contributed by atoms with Gasteiger partial charge in [-0.05, 0) is 73.6 Å². The van der Waals surface area contributed by atoms with Crippen molar-refractivity contribution in [3.05, 3.63) is 76.6 Å². The van der Waals surface area contributed by atoms with E-state index < -0.39 is 0 Å². The van der Waals surface area contributed by atoms with Crippen LogP contribution in [0.15, 0.2) is 59.7 Å². The first-order valence-electron chi connectivity index (χ1n) is 12.0. The van der Waals surface area contributed by atoms with Crippen molar-refractivity contribution >= 4 is 28.1 Å². The van der Waals surface area contributed by atoms with Crippen LogP contribution in [0, 0.1) is 5.82 Å². The highest BCUT2D eigenvalue weighted by molar-refractivity contribution is 5.94. The highest BCUT2D eigenvalue weighted by Gasteiger charge is 2.25. The van der Waals surface area contributed by atoms with E-state index >= 15 is 0 Å². The minimum absolute atomic E-state index is 0.234. The zero-order chi connectivity index (χ0) is 23.9. The Morgan fingerprint density at radius 1 is 1.06 bits per heavy atom. The van der Waals surface area contributed by atoms with Gasteiger partial charge < -0.3 is 20.3 Å². The third-order valence-corrected chi connectivity index (χ3v) is 6.89. The van der Waals surface area contributed by atoms with E-state index in [1.165, 1.54) is 6.07 Å². The molecule has 178 valence electrons. The average Bonchev–Trinajstić information content (AvgIpc) is 3.71. The third kappa shape index (κ3) is 4.37. The molecule has 0 unspecified atom stereocenters. The van der Waals surface area contributed by atoms with Gasteiger partial charge in [0.2, 0.25) is 0 Å². The molecule has 1 aliphatic carbocycles. The summed E-state index contributed by atoms with van der Waals surface area (Å²) >= 11 is 0.